The SMILES string of the molecule is CC1(C)OB(c2cn(C3CCCCO3)nn2)OC1(C)C. The molecule has 0 bridgehead atoms. The van der Waals surface area contributed by atoms with Crippen LogP contribution in [0.3, 0.4) is 0 Å². The van der Waals surface area contributed by atoms with Crippen LogP contribution in [0, 0.1) is 0 Å². The van der Waals surface area contributed by atoms with Gasteiger partial charge >= 0.3 is 7.12 Å². The van der Waals surface area contributed by atoms with Crippen molar-refractivity contribution in [2.45, 2.75) is 64.4 Å². The number of ether oxygens (including phenoxy) is 1. The lowest BCUT2D eigenvalue weighted by Crippen LogP contribution is -2.41. The van der Waals surface area contributed by atoms with Crippen LogP contribution in [0.4, 0.5) is 0 Å². The molecule has 0 N–H and O–H groups in total. The highest BCUT2D eigenvalue weighted by molar-refractivity contribution is 6.61. The van der Waals surface area contributed by atoms with E-state index in [1.807, 2.05) is 33.9 Å². The van der Waals surface area contributed by atoms with E-state index in [0.717, 1.165) is 25.9 Å². The second-order valence-electron chi connectivity index (χ2n) is 6.53. The lowest BCUT2D eigenvalue weighted by molar-refractivity contribution is -0.0404. The van der Waals surface area contributed by atoms with Crippen LogP contribution in [0.2, 0.25) is 0 Å². The molecule has 0 aromatic carbocycles. The van der Waals surface area contributed by atoms with Crippen molar-refractivity contribution in [2.24, 2.45) is 0 Å². The fourth-order valence-corrected chi connectivity index (χ4v) is 2.44. The third kappa shape index (κ3) is 2.38. The summed E-state index contributed by atoms with van der Waals surface area (Å²) in [5.41, 5.74) is -0.0104. The molecule has 0 aliphatic carbocycles. The van der Waals surface area contributed by atoms with E-state index in [0.29, 0.717) is 5.59 Å². The largest absolute Gasteiger partial charge is 0.518 e. The van der Waals surface area contributed by atoms with Gasteiger partial charge in [-0.05, 0) is 47.0 Å². The maximum Gasteiger partial charge on any atom is 0.518 e. The number of hydrogen-bond donors (Lipinski definition) is 0. The molecule has 6 nitrogen and oxygen atoms in total. The Morgan fingerprint density at radius 1 is 1.20 bits per heavy atom. The molecule has 1 aromatic rings. The van der Waals surface area contributed by atoms with Gasteiger partial charge in [-0.1, -0.05) is 5.21 Å². The summed E-state index contributed by atoms with van der Waals surface area (Å²) in [7, 11) is -0.461. The highest BCUT2D eigenvalue weighted by atomic mass is 16.7. The third-order valence-corrected chi connectivity index (χ3v) is 4.47. The summed E-state index contributed by atoms with van der Waals surface area (Å²) in [4.78, 5) is 0. The first kappa shape index (κ1) is 14.0. The van der Waals surface area contributed by atoms with Gasteiger partial charge in [-0.25, -0.2) is 4.68 Å². The zero-order valence-corrected chi connectivity index (χ0v) is 12.6. The molecule has 2 aliphatic rings. The fourth-order valence-electron chi connectivity index (χ4n) is 2.44. The van der Waals surface area contributed by atoms with Gasteiger partial charge in [0.2, 0.25) is 0 Å². The average molecular weight is 279 g/mol. The van der Waals surface area contributed by atoms with E-state index in [9.17, 15) is 0 Å². The second kappa shape index (κ2) is 4.82. The molecule has 1 aromatic heterocycles. The van der Waals surface area contributed by atoms with Gasteiger partial charge in [0.25, 0.3) is 0 Å². The molecule has 2 fully saturated rings. The van der Waals surface area contributed by atoms with Crippen molar-refractivity contribution in [3.63, 3.8) is 0 Å². The smallest absolute Gasteiger partial charge is 0.398 e. The zero-order valence-electron chi connectivity index (χ0n) is 12.6. The number of hydrogen-bond acceptors (Lipinski definition) is 5. The van der Waals surface area contributed by atoms with E-state index in [4.69, 9.17) is 14.0 Å². The molecular weight excluding hydrogens is 257 g/mol. The molecule has 7 heteroatoms. The van der Waals surface area contributed by atoms with Crippen LogP contribution in [0.15, 0.2) is 6.20 Å². The van der Waals surface area contributed by atoms with E-state index in [-0.39, 0.29) is 17.4 Å². The minimum Gasteiger partial charge on any atom is -0.398 e. The van der Waals surface area contributed by atoms with Crippen molar-refractivity contribution in [1.29, 1.82) is 0 Å². The van der Waals surface area contributed by atoms with Gasteiger partial charge < -0.3 is 14.0 Å². The standard InChI is InChI=1S/C13H22BN3O3/c1-12(2)13(3,4)20-14(19-12)10-9-17(16-15-10)11-7-5-6-8-18-11/h9,11H,5-8H2,1-4H3. The summed E-state index contributed by atoms with van der Waals surface area (Å²) in [6, 6.07) is 0. The monoisotopic (exact) mass is 279 g/mol. The quantitative estimate of drug-likeness (QED) is 0.763. The third-order valence-electron chi connectivity index (χ3n) is 4.47. The molecule has 0 spiro atoms. The Hall–Kier alpha value is -0.915. The van der Waals surface area contributed by atoms with Crippen molar-refractivity contribution < 1.29 is 14.0 Å². The predicted octanol–water partition coefficient (Wildman–Crippen LogP) is 1.28. The number of aromatic nitrogens is 3. The van der Waals surface area contributed by atoms with Crippen LogP contribution in [0.1, 0.15) is 53.2 Å². The maximum absolute atomic E-state index is 5.97. The van der Waals surface area contributed by atoms with Gasteiger partial charge in [0.15, 0.2) is 6.23 Å². The molecule has 110 valence electrons. The van der Waals surface area contributed by atoms with Crippen LogP contribution in [-0.4, -0.2) is 39.9 Å². The van der Waals surface area contributed by atoms with Crippen molar-refractivity contribution in [1.82, 2.24) is 15.0 Å². The summed E-state index contributed by atoms with van der Waals surface area (Å²) < 4.78 is 19.4. The summed E-state index contributed by atoms with van der Waals surface area (Å²) in [5.74, 6) is 0. The normalized spacial score (nSPS) is 28.8. The van der Waals surface area contributed by atoms with Gasteiger partial charge in [-0.15, -0.1) is 5.10 Å². The lowest BCUT2D eigenvalue weighted by atomic mass is 9.86. The van der Waals surface area contributed by atoms with Gasteiger partial charge in [0.05, 0.1) is 11.2 Å². The van der Waals surface area contributed by atoms with Crippen molar-refractivity contribution in [3.05, 3.63) is 6.20 Å². The van der Waals surface area contributed by atoms with E-state index >= 15 is 0 Å². The van der Waals surface area contributed by atoms with E-state index in [2.05, 4.69) is 10.3 Å². The van der Waals surface area contributed by atoms with Gasteiger partial charge in [-0.3, -0.25) is 0 Å². The highest BCUT2D eigenvalue weighted by Crippen LogP contribution is 2.36. The Balaban J connectivity index is 1.74. The van der Waals surface area contributed by atoms with E-state index in [1.54, 1.807) is 4.68 Å². The Bertz CT molecular complexity index is 467. The van der Waals surface area contributed by atoms with Gasteiger partial charge in [-0.2, -0.15) is 0 Å². The Labute approximate surface area is 119 Å². The second-order valence-corrected chi connectivity index (χ2v) is 6.53. The molecule has 0 saturated carbocycles. The molecule has 1 unspecified atom stereocenters. The molecule has 0 amide bonds. The van der Waals surface area contributed by atoms with Crippen molar-refractivity contribution in [3.8, 4) is 0 Å². The van der Waals surface area contributed by atoms with Crippen molar-refractivity contribution >= 4 is 12.7 Å². The molecule has 0 radical (unpaired) electrons. The molecule has 3 heterocycles. The van der Waals surface area contributed by atoms with Gasteiger partial charge in [0, 0.05) is 12.8 Å². The lowest BCUT2D eigenvalue weighted by Gasteiger charge is -2.32. The minimum atomic E-state index is -0.461. The average Bonchev–Trinajstić information content (AvgIpc) is 2.94. The van der Waals surface area contributed by atoms with Crippen LogP contribution < -0.4 is 5.59 Å². The number of rotatable bonds is 2. The van der Waals surface area contributed by atoms with Crippen LogP contribution in [-0.2, 0) is 14.0 Å². The maximum atomic E-state index is 5.97. The van der Waals surface area contributed by atoms with E-state index < -0.39 is 7.12 Å². The summed E-state index contributed by atoms with van der Waals surface area (Å²) in [6.07, 6.45) is 5.13. The molecule has 2 saturated heterocycles. The molecule has 1 atom stereocenters. The molecule has 3 rings (SSSR count). The summed E-state index contributed by atoms with van der Waals surface area (Å²) in [6.45, 7) is 8.91. The predicted molar refractivity (Wildman–Crippen MR) is 74.6 cm³/mol. The van der Waals surface area contributed by atoms with Gasteiger partial charge in [0.1, 0.15) is 5.59 Å². The first-order valence-electron chi connectivity index (χ1n) is 7.28. The summed E-state index contributed by atoms with van der Waals surface area (Å²) >= 11 is 0. The number of nitrogens with zero attached hydrogens (tertiary/aromatic N) is 3. The zero-order chi connectivity index (χ0) is 14.4. The molecule has 2 aliphatic heterocycles. The first-order chi connectivity index (χ1) is 9.39. The highest BCUT2D eigenvalue weighted by Gasteiger charge is 2.52. The fraction of sp³-hybridized carbons (Fsp3) is 0.846. The Morgan fingerprint density at radius 3 is 2.50 bits per heavy atom. The van der Waals surface area contributed by atoms with Crippen molar-refractivity contribution in [2.75, 3.05) is 6.61 Å². The molecular formula is C13H22BN3O3. The summed E-state index contributed by atoms with van der Waals surface area (Å²) in [5, 5.41) is 8.35. The van der Waals surface area contributed by atoms with Crippen LogP contribution in [0.25, 0.3) is 0 Å². The van der Waals surface area contributed by atoms with Crippen LogP contribution in [0.5, 0.6) is 0 Å². The first-order valence-corrected chi connectivity index (χ1v) is 7.28. The van der Waals surface area contributed by atoms with E-state index in [1.165, 1.54) is 0 Å². The topological polar surface area (TPSA) is 58.4 Å². The Kier molecular flexibility index (Phi) is 3.39. The Morgan fingerprint density at radius 2 is 1.90 bits per heavy atom. The minimum absolute atomic E-state index is 0.00702. The van der Waals surface area contributed by atoms with Crippen LogP contribution >= 0.6 is 0 Å². The molecule has 20 heavy (non-hydrogen) atoms.